The van der Waals surface area contributed by atoms with Crippen LogP contribution in [0.3, 0.4) is 0 Å². The number of nitrogens with one attached hydrogen (secondary N) is 1. The van der Waals surface area contributed by atoms with Crippen molar-refractivity contribution in [2.45, 2.75) is 58.7 Å². The Morgan fingerprint density at radius 3 is 2.50 bits per heavy atom. The van der Waals surface area contributed by atoms with Crippen LogP contribution in [0.4, 0.5) is 0 Å². The van der Waals surface area contributed by atoms with E-state index in [0.717, 1.165) is 36.9 Å². The van der Waals surface area contributed by atoms with Gasteiger partial charge in [-0.1, -0.05) is 75.1 Å². The van der Waals surface area contributed by atoms with E-state index in [1.165, 1.54) is 0 Å². The van der Waals surface area contributed by atoms with E-state index in [2.05, 4.69) is 11.9 Å². The number of ether oxygens (including phenoxy) is 1. The smallest absolute Gasteiger partial charge is 0.310 e. The van der Waals surface area contributed by atoms with Gasteiger partial charge in [-0.25, -0.2) is 0 Å². The van der Waals surface area contributed by atoms with E-state index in [1.54, 1.807) is 6.08 Å². The molecule has 0 bridgehead atoms. The van der Waals surface area contributed by atoms with E-state index in [9.17, 15) is 9.90 Å². The monoisotopic (exact) mass is 387 g/mol. The predicted octanol–water partition coefficient (Wildman–Crippen LogP) is 4.96. The van der Waals surface area contributed by atoms with Gasteiger partial charge in [-0.15, -0.1) is 0 Å². The molecule has 1 atom stereocenters. The number of carbonyl (C=O) groups is 1. The topological polar surface area (TPSA) is 58.6 Å². The number of hydrogen-bond acceptors (Lipinski definition) is 4. The molecule has 156 valence electrons. The average molecular weight is 388 g/mol. The van der Waals surface area contributed by atoms with Crippen molar-refractivity contribution in [2.24, 2.45) is 0 Å². The zero-order valence-corrected chi connectivity index (χ0v) is 17.9. The van der Waals surface area contributed by atoms with Crippen molar-refractivity contribution in [3.8, 4) is 0 Å². The molecule has 1 rings (SSSR count). The highest BCUT2D eigenvalue weighted by Crippen LogP contribution is 2.11. The standard InChI is InChI=1S/C17H20O2.C7H17NO/c1-3-5-10-15(9-4-2)13-17(18)19-14-16-11-7-6-8-12-16;1-4-7(2,9)5-6-8-3/h3,5-12H,1,4,13-14H2,2H3;8-9H,4-6H2,1-3H3/b10-5-,15-9+;. The van der Waals surface area contributed by atoms with Crippen molar-refractivity contribution < 1.29 is 14.6 Å². The van der Waals surface area contributed by atoms with Gasteiger partial charge in [0.05, 0.1) is 12.0 Å². The summed E-state index contributed by atoms with van der Waals surface area (Å²) in [6.45, 7) is 10.7. The van der Waals surface area contributed by atoms with E-state index in [0.29, 0.717) is 13.0 Å². The van der Waals surface area contributed by atoms with Gasteiger partial charge in [-0.05, 0) is 50.9 Å². The molecule has 1 unspecified atom stereocenters. The van der Waals surface area contributed by atoms with Crippen molar-refractivity contribution in [3.05, 3.63) is 72.4 Å². The van der Waals surface area contributed by atoms with Crippen molar-refractivity contribution in [1.29, 1.82) is 0 Å². The Kier molecular flexibility index (Phi) is 14.6. The van der Waals surface area contributed by atoms with Crippen LogP contribution in [-0.2, 0) is 16.1 Å². The summed E-state index contributed by atoms with van der Waals surface area (Å²) in [6, 6.07) is 9.67. The summed E-state index contributed by atoms with van der Waals surface area (Å²) in [7, 11) is 1.89. The third-order valence-corrected chi connectivity index (χ3v) is 4.18. The molecular weight excluding hydrogens is 350 g/mol. The quantitative estimate of drug-likeness (QED) is 0.416. The molecule has 0 amide bonds. The lowest BCUT2D eigenvalue weighted by Gasteiger charge is -2.20. The summed E-state index contributed by atoms with van der Waals surface area (Å²) in [5.41, 5.74) is 1.49. The van der Waals surface area contributed by atoms with Gasteiger partial charge < -0.3 is 15.2 Å². The third-order valence-electron chi connectivity index (χ3n) is 4.18. The lowest BCUT2D eigenvalue weighted by molar-refractivity contribution is -0.144. The van der Waals surface area contributed by atoms with Gasteiger partial charge >= 0.3 is 5.97 Å². The Morgan fingerprint density at radius 2 is 1.96 bits per heavy atom. The molecule has 0 heterocycles. The van der Waals surface area contributed by atoms with Crippen molar-refractivity contribution in [3.63, 3.8) is 0 Å². The molecule has 0 aliphatic heterocycles. The Balaban J connectivity index is 0.000000684. The number of benzene rings is 1. The summed E-state index contributed by atoms with van der Waals surface area (Å²) in [6.07, 6.45) is 10.3. The number of aliphatic hydroxyl groups is 1. The highest BCUT2D eigenvalue weighted by molar-refractivity contribution is 5.73. The molecule has 0 aliphatic carbocycles. The van der Waals surface area contributed by atoms with Crippen LogP contribution in [0.15, 0.2) is 66.8 Å². The van der Waals surface area contributed by atoms with Gasteiger partial charge in [0, 0.05) is 0 Å². The normalized spacial score (nSPS) is 13.4. The maximum atomic E-state index is 11.7. The highest BCUT2D eigenvalue weighted by atomic mass is 16.5. The molecule has 2 N–H and O–H groups in total. The van der Waals surface area contributed by atoms with Crippen molar-refractivity contribution >= 4 is 5.97 Å². The molecule has 1 aromatic carbocycles. The van der Waals surface area contributed by atoms with Crippen LogP contribution in [0.5, 0.6) is 0 Å². The van der Waals surface area contributed by atoms with Gasteiger partial charge in [0.1, 0.15) is 6.61 Å². The fourth-order valence-electron chi connectivity index (χ4n) is 2.18. The Labute approximate surface area is 171 Å². The average Bonchev–Trinajstić information content (AvgIpc) is 2.70. The van der Waals surface area contributed by atoms with Gasteiger partial charge in [0.25, 0.3) is 0 Å². The maximum absolute atomic E-state index is 11.7. The Morgan fingerprint density at radius 1 is 1.29 bits per heavy atom. The van der Waals surface area contributed by atoms with E-state index >= 15 is 0 Å². The minimum Gasteiger partial charge on any atom is -0.461 e. The maximum Gasteiger partial charge on any atom is 0.310 e. The van der Waals surface area contributed by atoms with Crippen LogP contribution in [0, 0.1) is 0 Å². The minimum absolute atomic E-state index is 0.211. The van der Waals surface area contributed by atoms with Crippen LogP contribution in [0.25, 0.3) is 0 Å². The van der Waals surface area contributed by atoms with Crippen LogP contribution >= 0.6 is 0 Å². The minimum atomic E-state index is -0.469. The molecular formula is C24H37NO3. The molecule has 0 aromatic heterocycles. The zero-order chi connectivity index (χ0) is 21.3. The fourth-order valence-corrected chi connectivity index (χ4v) is 2.18. The second-order valence-electron chi connectivity index (χ2n) is 6.81. The van der Waals surface area contributed by atoms with Crippen molar-refractivity contribution in [2.75, 3.05) is 13.6 Å². The van der Waals surface area contributed by atoms with Gasteiger partial charge in [0.2, 0.25) is 0 Å². The molecule has 0 spiro atoms. The molecule has 0 saturated heterocycles. The lowest BCUT2D eigenvalue weighted by atomic mass is 10.00. The van der Waals surface area contributed by atoms with Crippen LogP contribution in [0.2, 0.25) is 0 Å². The fraction of sp³-hybridized carbons (Fsp3) is 0.458. The Bertz CT molecular complexity index is 604. The molecule has 4 nitrogen and oxygen atoms in total. The first-order chi connectivity index (χ1) is 13.4. The molecule has 0 aliphatic rings. The van der Waals surface area contributed by atoms with E-state index in [1.807, 2.05) is 76.4 Å². The Hall–Kier alpha value is -2.17. The summed E-state index contributed by atoms with van der Waals surface area (Å²) >= 11 is 0. The summed E-state index contributed by atoms with van der Waals surface area (Å²) in [5.74, 6) is -0.211. The molecule has 1 aromatic rings. The first kappa shape index (κ1) is 25.8. The van der Waals surface area contributed by atoms with Gasteiger partial charge in [-0.3, -0.25) is 4.79 Å². The first-order valence-corrected chi connectivity index (χ1v) is 9.93. The second kappa shape index (κ2) is 15.8. The first-order valence-electron chi connectivity index (χ1n) is 9.93. The number of carbonyl (C=O) groups excluding carboxylic acids is 1. The number of hydrogen-bond donors (Lipinski definition) is 2. The van der Waals surface area contributed by atoms with Crippen molar-refractivity contribution in [1.82, 2.24) is 5.32 Å². The van der Waals surface area contributed by atoms with Crippen LogP contribution in [-0.4, -0.2) is 30.3 Å². The van der Waals surface area contributed by atoms with E-state index in [-0.39, 0.29) is 5.97 Å². The second-order valence-corrected chi connectivity index (χ2v) is 6.81. The zero-order valence-electron chi connectivity index (χ0n) is 17.9. The molecule has 0 fully saturated rings. The third kappa shape index (κ3) is 14.0. The van der Waals surface area contributed by atoms with Crippen LogP contribution in [0.1, 0.15) is 52.0 Å². The molecule has 0 saturated carbocycles. The number of rotatable bonds is 11. The van der Waals surface area contributed by atoms with E-state index < -0.39 is 5.60 Å². The van der Waals surface area contributed by atoms with Gasteiger partial charge in [-0.2, -0.15) is 0 Å². The molecule has 0 radical (unpaired) electrons. The molecule has 28 heavy (non-hydrogen) atoms. The lowest BCUT2D eigenvalue weighted by Crippen LogP contribution is -2.27. The summed E-state index contributed by atoms with van der Waals surface area (Å²) in [5, 5.41) is 12.4. The van der Waals surface area contributed by atoms with Crippen LogP contribution < -0.4 is 5.32 Å². The SMILES string of the molecule is C=C/C=C\C(=C/CC)CC(=O)OCc1ccccc1.CCC(C)(O)CCNC. The largest absolute Gasteiger partial charge is 0.461 e. The number of allylic oxidation sites excluding steroid dienone is 4. The molecule has 4 heteroatoms. The highest BCUT2D eigenvalue weighted by Gasteiger charge is 2.15. The van der Waals surface area contributed by atoms with Gasteiger partial charge in [0.15, 0.2) is 0 Å². The number of esters is 1. The van der Waals surface area contributed by atoms with E-state index in [4.69, 9.17) is 4.74 Å². The predicted molar refractivity (Wildman–Crippen MR) is 118 cm³/mol. The summed E-state index contributed by atoms with van der Waals surface area (Å²) < 4.78 is 5.25. The summed E-state index contributed by atoms with van der Waals surface area (Å²) in [4.78, 5) is 11.7.